The molecule has 1 atom stereocenters. The van der Waals surface area contributed by atoms with Crippen LogP contribution in [0.1, 0.15) is 61.1 Å². The molecule has 2 aromatic carbocycles. The van der Waals surface area contributed by atoms with Crippen LogP contribution in [-0.4, -0.2) is 34.1 Å². The molecule has 182 valence electrons. The van der Waals surface area contributed by atoms with Crippen LogP contribution in [0.2, 0.25) is 0 Å². The van der Waals surface area contributed by atoms with Crippen LogP contribution in [0.5, 0.6) is 0 Å². The van der Waals surface area contributed by atoms with Crippen molar-refractivity contribution in [3.8, 4) is 0 Å². The minimum absolute atomic E-state index is 0.0765. The molecule has 3 N–H and O–H groups in total. The van der Waals surface area contributed by atoms with E-state index in [1.165, 1.54) is 6.33 Å². The number of nitrogens with one attached hydrogen (secondary N) is 2. The fourth-order valence-electron chi connectivity index (χ4n) is 4.82. The summed E-state index contributed by atoms with van der Waals surface area (Å²) in [7, 11) is 0. The van der Waals surface area contributed by atoms with Crippen molar-refractivity contribution in [3.05, 3.63) is 63.6 Å². The standard InChI is InChI=1S/C27H30N4O4/c1-15-9-17(16(2)30-20-12-22-21(28-14-29-22)11-18(20)26(33)34)25-19(10-15)23(32)13-24(35-25)31-7-5-27(3,4)6-8-31/h9-14,16,30H,5-8H2,1-4H3,(H,28,29)(H,33,34). The fourth-order valence-corrected chi connectivity index (χ4v) is 4.82. The number of benzene rings is 2. The van der Waals surface area contributed by atoms with Crippen LogP contribution in [0.15, 0.2) is 45.9 Å². The Hall–Kier alpha value is -3.81. The van der Waals surface area contributed by atoms with Gasteiger partial charge in [-0.1, -0.05) is 19.9 Å². The third-order valence-corrected chi connectivity index (χ3v) is 7.05. The average molecular weight is 475 g/mol. The molecule has 0 saturated carbocycles. The number of nitrogens with zero attached hydrogens (tertiary/aromatic N) is 2. The fraction of sp³-hybridized carbons (Fsp3) is 0.370. The van der Waals surface area contributed by atoms with E-state index in [4.69, 9.17) is 4.42 Å². The molecule has 0 bridgehead atoms. The molecule has 3 heterocycles. The molecule has 2 aromatic heterocycles. The molecule has 4 aromatic rings. The van der Waals surface area contributed by atoms with E-state index in [-0.39, 0.29) is 22.4 Å². The predicted molar refractivity (Wildman–Crippen MR) is 138 cm³/mol. The van der Waals surface area contributed by atoms with E-state index in [0.717, 1.165) is 37.1 Å². The second-order valence-electron chi connectivity index (χ2n) is 10.3. The molecule has 8 nitrogen and oxygen atoms in total. The van der Waals surface area contributed by atoms with E-state index in [2.05, 4.69) is 34.0 Å². The summed E-state index contributed by atoms with van der Waals surface area (Å²) in [6.45, 7) is 10.1. The first kappa shape index (κ1) is 23.0. The minimum Gasteiger partial charge on any atom is -0.478 e. The first-order chi connectivity index (χ1) is 16.6. The summed E-state index contributed by atoms with van der Waals surface area (Å²) in [5.41, 5.74) is 4.39. The van der Waals surface area contributed by atoms with Crippen LogP contribution in [0.3, 0.4) is 0 Å². The number of imidazole rings is 1. The zero-order valence-electron chi connectivity index (χ0n) is 20.4. The summed E-state index contributed by atoms with van der Waals surface area (Å²) in [6, 6.07) is 8.39. The van der Waals surface area contributed by atoms with E-state index in [9.17, 15) is 14.7 Å². The quantitative estimate of drug-likeness (QED) is 0.351. The van der Waals surface area contributed by atoms with Gasteiger partial charge in [0, 0.05) is 24.7 Å². The van der Waals surface area contributed by atoms with Crippen LogP contribution in [0, 0.1) is 12.3 Å². The Labute approximate surface area is 203 Å². The third-order valence-electron chi connectivity index (χ3n) is 7.05. The lowest BCUT2D eigenvalue weighted by Gasteiger charge is -2.37. The van der Waals surface area contributed by atoms with Crippen LogP contribution in [0.25, 0.3) is 22.0 Å². The van der Waals surface area contributed by atoms with E-state index >= 15 is 0 Å². The highest BCUT2D eigenvalue weighted by molar-refractivity contribution is 5.99. The molecule has 1 saturated heterocycles. The number of aromatic carboxylic acids is 1. The van der Waals surface area contributed by atoms with Crippen molar-refractivity contribution >= 4 is 39.5 Å². The van der Waals surface area contributed by atoms with Gasteiger partial charge in [-0.15, -0.1) is 0 Å². The molecule has 0 amide bonds. The second-order valence-corrected chi connectivity index (χ2v) is 10.3. The molecule has 0 aliphatic carbocycles. The molecule has 5 rings (SSSR count). The lowest BCUT2D eigenvalue weighted by molar-refractivity contribution is 0.0698. The van der Waals surface area contributed by atoms with Gasteiger partial charge in [0.15, 0.2) is 11.3 Å². The molecule has 1 aliphatic rings. The van der Waals surface area contributed by atoms with E-state index in [1.54, 1.807) is 18.2 Å². The van der Waals surface area contributed by atoms with Crippen LogP contribution < -0.4 is 15.6 Å². The highest BCUT2D eigenvalue weighted by Gasteiger charge is 2.27. The topological polar surface area (TPSA) is 111 Å². The van der Waals surface area contributed by atoms with Crippen molar-refractivity contribution in [2.75, 3.05) is 23.3 Å². The van der Waals surface area contributed by atoms with Gasteiger partial charge >= 0.3 is 5.97 Å². The number of carboxylic acids is 1. The molecule has 0 radical (unpaired) electrons. The zero-order chi connectivity index (χ0) is 24.9. The van der Waals surface area contributed by atoms with Gasteiger partial charge in [0.25, 0.3) is 0 Å². The molecule has 1 fully saturated rings. The van der Waals surface area contributed by atoms with E-state index < -0.39 is 5.97 Å². The molecule has 1 aliphatic heterocycles. The number of aromatic amines is 1. The van der Waals surface area contributed by atoms with Crippen molar-refractivity contribution < 1.29 is 14.3 Å². The Kier molecular flexibility index (Phi) is 5.54. The summed E-state index contributed by atoms with van der Waals surface area (Å²) in [5.74, 6) is -0.452. The summed E-state index contributed by atoms with van der Waals surface area (Å²) in [5, 5.41) is 13.6. The van der Waals surface area contributed by atoms with Crippen LogP contribution in [-0.2, 0) is 0 Å². The lowest BCUT2D eigenvalue weighted by atomic mass is 9.83. The second kappa shape index (κ2) is 8.45. The first-order valence-corrected chi connectivity index (χ1v) is 11.9. The predicted octanol–water partition coefficient (Wildman–Crippen LogP) is 5.48. The normalized spacial score (nSPS) is 16.5. The summed E-state index contributed by atoms with van der Waals surface area (Å²) in [6.07, 6.45) is 3.59. The summed E-state index contributed by atoms with van der Waals surface area (Å²) in [4.78, 5) is 34.4. The average Bonchev–Trinajstić information content (AvgIpc) is 3.25. The maximum absolute atomic E-state index is 13.1. The van der Waals surface area contributed by atoms with Gasteiger partial charge < -0.3 is 24.7 Å². The van der Waals surface area contributed by atoms with Crippen LogP contribution in [0.4, 0.5) is 11.6 Å². The van der Waals surface area contributed by atoms with Gasteiger partial charge in [0.1, 0.15) is 5.58 Å². The molecule has 8 heteroatoms. The van der Waals surface area contributed by atoms with Crippen molar-refractivity contribution in [3.63, 3.8) is 0 Å². The molecular weight excluding hydrogens is 444 g/mol. The van der Waals surface area contributed by atoms with E-state index in [0.29, 0.717) is 33.6 Å². The van der Waals surface area contributed by atoms with Crippen LogP contribution >= 0.6 is 0 Å². The van der Waals surface area contributed by atoms with Crippen molar-refractivity contribution in [2.24, 2.45) is 5.41 Å². The monoisotopic (exact) mass is 474 g/mol. The number of fused-ring (bicyclic) bond motifs is 2. The van der Waals surface area contributed by atoms with Gasteiger partial charge in [0.2, 0.25) is 0 Å². The largest absolute Gasteiger partial charge is 0.478 e. The number of anilines is 2. The van der Waals surface area contributed by atoms with Gasteiger partial charge in [-0.3, -0.25) is 4.79 Å². The Morgan fingerprint density at radius 2 is 1.94 bits per heavy atom. The summed E-state index contributed by atoms with van der Waals surface area (Å²) < 4.78 is 6.38. The zero-order valence-corrected chi connectivity index (χ0v) is 20.4. The Morgan fingerprint density at radius 1 is 1.20 bits per heavy atom. The van der Waals surface area contributed by atoms with Crippen molar-refractivity contribution in [2.45, 2.75) is 46.6 Å². The Bertz CT molecular complexity index is 1490. The highest BCUT2D eigenvalue weighted by Crippen LogP contribution is 2.35. The number of aromatic nitrogens is 2. The smallest absolute Gasteiger partial charge is 0.337 e. The number of rotatable bonds is 5. The number of carbonyl (C=O) groups is 1. The SMILES string of the molecule is Cc1cc(C(C)Nc2cc3nc[nH]c3cc2C(=O)O)c2oc(N3CCC(C)(C)CC3)cc(=O)c2c1. The lowest BCUT2D eigenvalue weighted by Crippen LogP contribution is -2.37. The number of H-pyrrole nitrogens is 1. The third kappa shape index (κ3) is 4.36. The Balaban J connectivity index is 1.56. The van der Waals surface area contributed by atoms with E-state index in [1.807, 2.05) is 26.0 Å². The maximum atomic E-state index is 13.1. The number of piperidine rings is 1. The first-order valence-electron chi connectivity index (χ1n) is 11.9. The Morgan fingerprint density at radius 3 is 2.66 bits per heavy atom. The minimum atomic E-state index is -1.04. The molecule has 1 unspecified atom stereocenters. The number of aryl methyl sites for hydroxylation is 1. The number of hydrogen-bond acceptors (Lipinski definition) is 6. The van der Waals surface area contributed by atoms with Crippen molar-refractivity contribution in [1.82, 2.24) is 9.97 Å². The van der Waals surface area contributed by atoms with Gasteiger partial charge in [-0.05, 0) is 55.9 Å². The number of hydrogen-bond donors (Lipinski definition) is 3. The van der Waals surface area contributed by atoms with Gasteiger partial charge in [-0.2, -0.15) is 0 Å². The summed E-state index contributed by atoms with van der Waals surface area (Å²) >= 11 is 0. The van der Waals surface area contributed by atoms with Gasteiger partial charge in [-0.25, -0.2) is 9.78 Å². The highest BCUT2D eigenvalue weighted by atomic mass is 16.4. The van der Waals surface area contributed by atoms with Gasteiger partial charge in [0.05, 0.1) is 40.0 Å². The van der Waals surface area contributed by atoms with Crippen molar-refractivity contribution in [1.29, 1.82) is 0 Å². The molecular formula is C27H30N4O4. The molecule has 35 heavy (non-hydrogen) atoms. The number of carboxylic acid groups (broad SMARTS) is 1. The maximum Gasteiger partial charge on any atom is 0.337 e. The molecule has 0 spiro atoms.